The van der Waals surface area contributed by atoms with Gasteiger partial charge in [0.25, 0.3) is 0 Å². The lowest BCUT2D eigenvalue weighted by atomic mass is 10.0. The molecule has 0 bridgehead atoms. The predicted octanol–water partition coefficient (Wildman–Crippen LogP) is 0.857. The molecule has 1 unspecified atom stereocenters. The Labute approximate surface area is 56.3 Å². The maximum atomic E-state index is 9.42. The van der Waals surface area contributed by atoms with E-state index in [4.69, 9.17) is 0 Å². The number of rotatable bonds is 0. The Hall–Kier alpha value is -0.0800. The highest BCUT2D eigenvalue weighted by Gasteiger charge is 2.36. The van der Waals surface area contributed by atoms with E-state index in [0.29, 0.717) is 0 Å². The number of aliphatic hydroxyl groups is 1. The summed E-state index contributed by atoms with van der Waals surface area (Å²) in [5.74, 6) is 0. The summed E-state index contributed by atoms with van der Waals surface area (Å²) in [4.78, 5) is 0. The van der Waals surface area contributed by atoms with Crippen molar-refractivity contribution in [2.45, 2.75) is 44.9 Å². The summed E-state index contributed by atoms with van der Waals surface area (Å²) in [5, 5.41) is 12.5. The van der Waals surface area contributed by atoms with E-state index in [-0.39, 0.29) is 5.54 Å². The van der Waals surface area contributed by atoms with Crippen molar-refractivity contribution in [1.29, 1.82) is 0 Å². The molecular weight excluding hydrogens is 114 g/mol. The van der Waals surface area contributed by atoms with Gasteiger partial charge in [-0.3, -0.25) is 5.32 Å². The van der Waals surface area contributed by atoms with Gasteiger partial charge in [0.1, 0.15) is 5.72 Å². The lowest BCUT2D eigenvalue weighted by molar-refractivity contribution is 0.0340. The summed E-state index contributed by atoms with van der Waals surface area (Å²) in [6.45, 7) is 6.03. The van der Waals surface area contributed by atoms with Gasteiger partial charge in [-0.2, -0.15) is 0 Å². The van der Waals surface area contributed by atoms with E-state index in [1.807, 2.05) is 6.92 Å². The lowest BCUT2D eigenvalue weighted by Gasteiger charge is -2.23. The summed E-state index contributed by atoms with van der Waals surface area (Å²) in [6, 6.07) is 0. The molecule has 1 aliphatic heterocycles. The monoisotopic (exact) mass is 129 g/mol. The Morgan fingerprint density at radius 1 is 1.22 bits per heavy atom. The Morgan fingerprint density at radius 2 is 1.78 bits per heavy atom. The maximum absolute atomic E-state index is 9.42. The van der Waals surface area contributed by atoms with Crippen LogP contribution in [0.25, 0.3) is 0 Å². The van der Waals surface area contributed by atoms with Crippen molar-refractivity contribution < 1.29 is 5.11 Å². The van der Waals surface area contributed by atoms with Gasteiger partial charge in [-0.15, -0.1) is 0 Å². The highest BCUT2D eigenvalue weighted by atomic mass is 16.3. The van der Waals surface area contributed by atoms with E-state index in [2.05, 4.69) is 19.2 Å². The smallest absolute Gasteiger partial charge is 0.113 e. The van der Waals surface area contributed by atoms with Gasteiger partial charge in [0.05, 0.1) is 0 Å². The second-order valence-electron chi connectivity index (χ2n) is 3.78. The van der Waals surface area contributed by atoms with Gasteiger partial charge in [-0.25, -0.2) is 0 Å². The topological polar surface area (TPSA) is 32.3 Å². The summed E-state index contributed by atoms with van der Waals surface area (Å²) < 4.78 is 0. The zero-order valence-electron chi connectivity index (χ0n) is 6.36. The first-order valence-corrected chi connectivity index (χ1v) is 3.43. The van der Waals surface area contributed by atoms with E-state index in [9.17, 15) is 5.11 Å². The third-order valence-electron chi connectivity index (χ3n) is 1.84. The van der Waals surface area contributed by atoms with Crippen molar-refractivity contribution in [1.82, 2.24) is 5.32 Å². The molecule has 0 radical (unpaired) electrons. The maximum Gasteiger partial charge on any atom is 0.113 e. The van der Waals surface area contributed by atoms with Crippen LogP contribution in [0.3, 0.4) is 0 Å². The molecule has 0 aliphatic carbocycles. The molecule has 2 N–H and O–H groups in total. The van der Waals surface area contributed by atoms with Crippen LogP contribution in [0.5, 0.6) is 0 Å². The molecule has 1 fully saturated rings. The van der Waals surface area contributed by atoms with Gasteiger partial charge in [0, 0.05) is 5.54 Å². The molecule has 0 aromatic rings. The van der Waals surface area contributed by atoms with Gasteiger partial charge in [-0.1, -0.05) is 0 Å². The Bertz CT molecular complexity index is 104. The van der Waals surface area contributed by atoms with Crippen LogP contribution in [-0.4, -0.2) is 16.4 Å². The highest BCUT2D eigenvalue weighted by molar-refractivity contribution is 4.92. The fraction of sp³-hybridized carbons (Fsp3) is 1.00. The van der Waals surface area contributed by atoms with Crippen molar-refractivity contribution in [3.63, 3.8) is 0 Å². The standard InChI is InChI=1S/C7H15NO/c1-6(2)4-5-7(3,9)8-6/h8-9H,4-5H2,1-3H3. The van der Waals surface area contributed by atoms with Gasteiger partial charge in [-0.05, 0) is 33.6 Å². The Balaban J connectivity index is 2.58. The molecule has 1 aliphatic rings. The molecule has 1 heterocycles. The van der Waals surface area contributed by atoms with Crippen LogP contribution >= 0.6 is 0 Å². The molecule has 0 saturated carbocycles. The quantitative estimate of drug-likeness (QED) is 0.508. The molecule has 1 rings (SSSR count). The molecule has 1 atom stereocenters. The SMILES string of the molecule is CC1(C)CCC(C)(O)N1. The van der Waals surface area contributed by atoms with Crippen molar-refractivity contribution in [3.05, 3.63) is 0 Å². The van der Waals surface area contributed by atoms with Gasteiger partial charge >= 0.3 is 0 Å². The van der Waals surface area contributed by atoms with E-state index >= 15 is 0 Å². The van der Waals surface area contributed by atoms with Crippen LogP contribution in [-0.2, 0) is 0 Å². The van der Waals surface area contributed by atoms with Crippen LogP contribution in [0.15, 0.2) is 0 Å². The summed E-state index contributed by atoms with van der Waals surface area (Å²) in [7, 11) is 0. The average molecular weight is 129 g/mol. The van der Waals surface area contributed by atoms with Crippen molar-refractivity contribution in [3.8, 4) is 0 Å². The number of nitrogens with one attached hydrogen (secondary N) is 1. The molecule has 1 saturated heterocycles. The molecule has 54 valence electrons. The van der Waals surface area contributed by atoms with E-state index < -0.39 is 5.72 Å². The predicted molar refractivity (Wildman–Crippen MR) is 37.1 cm³/mol. The molecule has 2 nitrogen and oxygen atoms in total. The van der Waals surface area contributed by atoms with Crippen LogP contribution in [0.4, 0.5) is 0 Å². The second-order valence-corrected chi connectivity index (χ2v) is 3.78. The molecule has 9 heavy (non-hydrogen) atoms. The lowest BCUT2D eigenvalue weighted by Crippen LogP contribution is -2.45. The van der Waals surface area contributed by atoms with Crippen LogP contribution in [0.1, 0.15) is 33.6 Å². The minimum atomic E-state index is -0.622. The van der Waals surface area contributed by atoms with Crippen molar-refractivity contribution in [2.75, 3.05) is 0 Å². The highest BCUT2D eigenvalue weighted by Crippen LogP contribution is 2.27. The Kier molecular flexibility index (Phi) is 1.33. The largest absolute Gasteiger partial charge is 0.376 e. The van der Waals surface area contributed by atoms with Crippen molar-refractivity contribution in [2.24, 2.45) is 0 Å². The van der Waals surface area contributed by atoms with E-state index in [1.54, 1.807) is 0 Å². The average Bonchev–Trinajstić information content (AvgIpc) is 1.78. The first kappa shape index (κ1) is 7.03. The van der Waals surface area contributed by atoms with Crippen molar-refractivity contribution >= 4 is 0 Å². The molecule has 0 aromatic heterocycles. The normalized spacial score (nSPS) is 41.3. The van der Waals surface area contributed by atoms with Crippen LogP contribution in [0, 0.1) is 0 Å². The molecule has 0 spiro atoms. The minimum Gasteiger partial charge on any atom is -0.376 e. The summed E-state index contributed by atoms with van der Waals surface area (Å²) in [6.07, 6.45) is 1.92. The molecule has 2 heteroatoms. The van der Waals surface area contributed by atoms with E-state index in [0.717, 1.165) is 12.8 Å². The summed E-state index contributed by atoms with van der Waals surface area (Å²) in [5.41, 5.74) is -0.493. The second kappa shape index (κ2) is 1.70. The zero-order chi connectivity index (χ0) is 7.12. The van der Waals surface area contributed by atoms with Crippen LogP contribution < -0.4 is 5.32 Å². The van der Waals surface area contributed by atoms with Gasteiger partial charge in [0.2, 0.25) is 0 Å². The summed E-state index contributed by atoms with van der Waals surface area (Å²) >= 11 is 0. The van der Waals surface area contributed by atoms with Gasteiger partial charge in [0.15, 0.2) is 0 Å². The third-order valence-corrected chi connectivity index (χ3v) is 1.84. The first-order valence-electron chi connectivity index (χ1n) is 3.43. The van der Waals surface area contributed by atoms with Gasteiger partial charge < -0.3 is 5.11 Å². The zero-order valence-corrected chi connectivity index (χ0v) is 6.36. The molecular formula is C7H15NO. The molecule has 0 amide bonds. The number of hydrogen-bond acceptors (Lipinski definition) is 2. The molecule has 0 aromatic carbocycles. The minimum absolute atomic E-state index is 0.128. The first-order chi connectivity index (χ1) is 3.91. The van der Waals surface area contributed by atoms with E-state index in [1.165, 1.54) is 0 Å². The fourth-order valence-corrected chi connectivity index (χ4v) is 1.41. The Morgan fingerprint density at radius 3 is 1.89 bits per heavy atom. The third kappa shape index (κ3) is 1.66. The fourth-order valence-electron chi connectivity index (χ4n) is 1.41. The van der Waals surface area contributed by atoms with Crippen LogP contribution in [0.2, 0.25) is 0 Å². The number of hydrogen-bond donors (Lipinski definition) is 2.